The topological polar surface area (TPSA) is 83.8 Å². The first-order valence-electron chi connectivity index (χ1n) is 12.9. The number of nitrogens with zero attached hydrogens (tertiary/aromatic N) is 4. The van der Waals surface area contributed by atoms with Gasteiger partial charge >= 0.3 is 0 Å². The standard InChI is InChI=1S/C30H32N6O2/c1-22-5-6-25(19-24(22)8-10-28-21-32-29-4-3-11-33-36(28)29)30(37)34-27-9-7-26(23(2)18-27)20-31-12-13-35-14-16-38-17-15-35/h3-7,9,11,18-19,21,31H,12-17,20H2,1-2H3,(H,34,37). The van der Waals surface area contributed by atoms with E-state index in [0.29, 0.717) is 11.3 Å². The predicted octanol–water partition coefficient (Wildman–Crippen LogP) is 3.42. The number of aromatic nitrogens is 3. The monoisotopic (exact) mass is 508 g/mol. The van der Waals surface area contributed by atoms with Crippen LogP contribution in [-0.2, 0) is 11.3 Å². The van der Waals surface area contributed by atoms with Crippen LogP contribution in [0.25, 0.3) is 5.65 Å². The van der Waals surface area contributed by atoms with Crippen LogP contribution < -0.4 is 10.6 Å². The number of carbonyl (C=O) groups is 1. The predicted molar refractivity (Wildman–Crippen MR) is 148 cm³/mol. The van der Waals surface area contributed by atoms with Crippen molar-refractivity contribution in [3.63, 3.8) is 0 Å². The molecule has 8 nitrogen and oxygen atoms in total. The third-order valence-corrected chi connectivity index (χ3v) is 6.73. The SMILES string of the molecule is Cc1ccc(C(=O)Nc2ccc(CNCCN3CCOCC3)c(C)c2)cc1C#Cc1cnc2cccnn12. The Hall–Kier alpha value is -4.03. The Kier molecular flexibility index (Phi) is 8.09. The number of fused-ring (bicyclic) bond motifs is 1. The summed E-state index contributed by atoms with van der Waals surface area (Å²) in [6.45, 7) is 10.5. The minimum atomic E-state index is -0.166. The van der Waals surface area contributed by atoms with Crippen LogP contribution in [0.4, 0.5) is 5.69 Å². The van der Waals surface area contributed by atoms with Crippen LogP contribution in [0.3, 0.4) is 0 Å². The number of amides is 1. The third-order valence-electron chi connectivity index (χ3n) is 6.73. The fourth-order valence-electron chi connectivity index (χ4n) is 4.40. The molecule has 0 radical (unpaired) electrons. The highest BCUT2D eigenvalue weighted by Gasteiger charge is 2.11. The van der Waals surface area contributed by atoms with E-state index >= 15 is 0 Å². The van der Waals surface area contributed by atoms with Gasteiger partial charge in [-0.15, -0.1) is 0 Å². The first-order chi connectivity index (χ1) is 18.6. The largest absolute Gasteiger partial charge is 0.379 e. The van der Waals surface area contributed by atoms with Gasteiger partial charge in [0.25, 0.3) is 5.91 Å². The molecular formula is C30H32N6O2. The molecule has 4 aromatic rings. The molecule has 1 fully saturated rings. The Labute approximate surface area is 223 Å². The van der Waals surface area contributed by atoms with Crippen LogP contribution in [-0.4, -0.2) is 64.8 Å². The lowest BCUT2D eigenvalue weighted by Crippen LogP contribution is -2.40. The van der Waals surface area contributed by atoms with E-state index in [1.54, 1.807) is 16.9 Å². The lowest BCUT2D eigenvalue weighted by Gasteiger charge is -2.26. The van der Waals surface area contributed by atoms with Crippen molar-refractivity contribution in [2.45, 2.75) is 20.4 Å². The van der Waals surface area contributed by atoms with Gasteiger partial charge in [-0.25, -0.2) is 9.50 Å². The number of anilines is 1. The van der Waals surface area contributed by atoms with Gasteiger partial charge in [0.15, 0.2) is 5.65 Å². The minimum Gasteiger partial charge on any atom is -0.379 e. The van der Waals surface area contributed by atoms with E-state index in [1.807, 2.05) is 49.4 Å². The van der Waals surface area contributed by atoms with Gasteiger partial charge in [-0.2, -0.15) is 5.10 Å². The molecule has 8 heteroatoms. The van der Waals surface area contributed by atoms with Crippen LogP contribution in [0.5, 0.6) is 0 Å². The van der Waals surface area contributed by atoms with Gasteiger partial charge in [0.1, 0.15) is 5.69 Å². The number of hydrogen-bond acceptors (Lipinski definition) is 6. The number of rotatable bonds is 7. The molecular weight excluding hydrogens is 476 g/mol. The summed E-state index contributed by atoms with van der Waals surface area (Å²) in [6.07, 6.45) is 3.40. The second kappa shape index (κ2) is 12.0. The molecule has 38 heavy (non-hydrogen) atoms. The van der Waals surface area contributed by atoms with Gasteiger partial charge in [0, 0.05) is 55.7 Å². The summed E-state index contributed by atoms with van der Waals surface area (Å²) >= 11 is 0. The van der Waals surface area contributed by atoms with Gasteiger partial charge < -0.3 is 15.4 Å². The van der Waals surface area contributed by atoms with E-state index in [2.05, 4.69) is 50.4 Å². The number of imidazole rings is 1. The average Bonchev–Trinajstić information content (AvgIpc) is 3.35. The van der Waals surface area contributed by atoms with Crippen molar-refractivity contribution >= 4 is 17.2 Å². The highest BCUT2D eigenvalue weighted by atomic mass is 16.5. The highest BCUT2D eigenvalue weighted by molar-refractivity contribution is 6.04. The van der Waals surface area contributed by atoms with Crippen LogP contribution in [0.15, 0.2) is 60.9 Å². The fourth-order valence-corrected chi connectivity index (χ4v) is 4.40. The summed E-state index contributed by atoms with van der Waals surface area (Å²) in [5.41, 5.74) is 6.92. The summed E-state index contributed by atoms with van der Waals surface area (Å²) < 4.78 is 7.10. The summed E-state index contributed by atoms with van der Waals surface area (Å²) in [4.78, 5) is 19.8. The van der Waals surface area contributed by atoms with Crippen molar-refractivity contribution in [3.8, 4) is 11.8 Å². The zero-order valence-electron chi connectivity index (χ0n) is 21.8. The van der Waals surface area contributed by atoms with Crippen LogP contribution in [0.2, 0.25) is 0 Å². The fraction of sp³-hybridized carbons (Fsp3) is 0.300. The van der Waals surface area contributed by atoms with E-state index in [4.69, 9.17) is 4.74 Å². The smallest absolute Gasteiger partial charge is 0.255 e. The van der Waals surface area contributed by atoms with Crippen LogP contribution in [0.1, 0.15) is 38.3 Å². The van der Waals surface area contributed by atoms with Crippen LogP contribution >= 0.6 is 0 Å². The van der Waals surface area contributed by atoms with Crippen LogP contribution in [0, 0.1) is 25.7 Å². The number of aryl methyl sites for hydroxylation is 2. The lowest BCUT2D eigenvalue weighted by molar-refractivity contribution is 0.0384. The molecule has 0 spiro atoms. The Bertz CT molecular complexity index is 1490. The van der Waals surface area contributed by atoms with E-state index < -0.39 is 0 Å². The molecule has 1 aliphatic heterocycles. The van der Waals surface area contributed by atoms with Crippen molar-refractivity contribution in [1.29, 1.82) is 0 Å². The number of nitrogens with one attached hydrogen (secondary N) is 2. The van der Waals surface area contributed by atoms with Gasteiger partial charge in [-0.3, -0.25) is 9.69 Å². The lowest BCUT2D eigenvalue weighted by atomic mass is 10.0. The second-order valence-corrected chi connectivity index (χ2v) is 9.44. The second-order valence-electron chi connectivity index (χ2n) is 9.44. The summed E-state index contributed by atoms with van der Waals surface area (Å²) in [5.74, 6) is 6.15. The molecule has 0 aliphatic carbocycles. The molecule has 1 amide bonds. The summed E-state index contributed by atoms with van der Waals surface area (Å²) in [6, 6.07) is 15.3. The maximum absolute atomic E-state index is 13.0. The molecule has 2 aromatic heterocycles. The van der Waals surface area contributed by atoms with Gasteiger partial charge in [-0.1, -0.05) is 18.1 Å². The maximum atomic E-state index is 13.0. The number of hydrogen-bond donors (Lipinski definition) is 2. The van der Waals surface area contributed by atoms with Gasteiger partial charge in [0.2, 0.25) is 0 Å². The molecule has 0 unspecified atom stereocenters. The number of benzene rings is 2. The molecule has 2 N–H and O–H groups in total. The molecule has 0 bridgehead atoms. The van der Waals surface area contributed by atoms with Crippen molar-refractivity contribution in [1.82, 2.24) is 24.8 Å². The number of ether oxygens (including phenoxy) is 1. The van der Waals surface area contributed by atoms with E-state index in [9.17, 15) is 4.79 Å². The van der Waals surface area contributed by atoms with Crippen molar-refractivity contribution in [3.05, 3.63) is 94.4 Å². The normalized spacial score (nSPS) is 13.7. The molecule has 1 aliphatic rings. The quantitative estimate of drug-likeness (QED) is 0.294. The first-order valence-corrected chi connectivity index (χ1v) is 12.9. The Morgan fingerprint density at radius 3 is 2.76 bits per heavy atom. The Morgan fingerprint density at radius 1 is 1.05 bits per heavy atom. The molecule has 2 aromatic carbocycles. The van der Waals surface area contributed by atoms with Gasteiger partial charge in [-0.05, 0) is 72.9 Å². The molecule has 0 saturated carbocycles. The van der Waals surface area contributed by atoms with Crippen molar-refractivity contribution < 1.29 is 9.53 Å². The Balaban J connectivity index is 1.20. The highest BCUT2D eigenvalue weighted by Crippen LogP contribution is 2.18. The maximum Gasteiger partial charge on any atom is 0.255 e. The van der Waals surface area contributed by atoms with E-state index in [0.717, 1.165) is 74.0 Å². The van der Waals surface area contributed by atoms with Crippen molar-refractivity contribution in [2.24, 2.45) is 0 Å². The first kappa shape index (κ1) is 25.6. The van der Waals surface area contributed by atoms with Gasteiger partial charge in [0.05, 0.1) is 19.4 Å². The molecule has 0 atom stereocenters. The number of carbonyl (C=O) groups excluding carboxylic acids is 1. The average molecular weight is 509 g/mol. The number of morpholine rings is 1. The molecule has 5 rings (SSSR count). The van der Waals surface area contributed by atoms with E-state index in [-0.39, 0.29) is 5.91 Å². The molecule has 194 valence electrons. The zero-order chi connectivity index (χ0) is 26.3. The Morgan fingerprint density at radius 2 is 1.92 bits per heavy atom. The minimum absolute atomic E-state index is 0.166. The summed E-state index contributed by atoms with van der Waals surface area (Å²) in [5, 5.41) is 10.9. The third kappa shape index (κ3) is 6.26. The zero-order valence-corrected chi connectivity index (χ0v) is 21.8. The van der Waals surface area contributed by atoms with Crippen molar-refractivity contribution in [2.75, 3.05) is 44.7 Å². The molecule has 1 saturated heterocycles. The summed E-state index contributed by atoms with van der Waals surface area (Å²) in [7, 11) is 0. The van der Waals surface area contributed by atoms with E-state index in [1.165, 1.54) is 5.56 Å². The molecule has 3 heterocycles.